The van der Waals surface area contributed by atoms with Crippen LogP contribution in [0.15, 0.2) is 51.5 Å². The van der Waals surface area contributed by atoms with Crippen LogP contribution < -0.4 is 13.8 Å². The number of pyridine rings is 1. The summed E-state index contributed by atoms with van der Waals surface area (Å²) in [6.45, 7) is 9.45. The lowest BCUT2D eigenvalue weighted by Gasteiger charge is -2.34. The van der Waals surface area contributed by atoms with Crippen molar-refractivity contribution < 1.29 is 31.8 Å². The molecule has 0 unspecified atom stereocenters. The second-order valence-electron chi connectivity index (χ2n) is 11.2. The maximum Gasteiger partial charge on any atom is 0.246 e. The van der Waals surface area contributed by atoms with Gasteiger partial charge in [0.15, 0.2) is 5.76 Å². The van der Waals surface area contributed by atoms with Crippen molar-refractivity contribution in [1.29, 1.82) is 0 Å². The van der Waals surface area contributed by atoms with Crippen LogP contribution in [0, 0.1) is 12.7 Å². The van der Waals surface area contributed by atoms with Crippen molar-refractivity contribution in [3.63, 3.8) is 0 Å². The van der Waals surface area contributed by atoms with Gasteiger partial charge in [0.25, 0.3) is 0 Å². The number of methoxy groups -OCH3 is 2. The van der Waals surface area contributed by atoms with Gasteiger partial charge < -0.3 is 19.0 Å². The van der Waals surface area contributed by atoms with Gasteiger partial charge in [0.05, 0.1) is 14.2 Å². The topological polar surface area (TPSA) is 133 Å². The molecule has 3 heterocycles. The first-order chi connectivity index (χ1) is 20.2. The second kappa shape index (κ2) is 12.8. The van der Waals surface area contributed by atoms with E-state index in [0.717, 1.165) is 10.4 Å². The van der Waals surface area contributed by atoms with Gasteiger partial charge in [-0.1, -0.05) is 6.07 Å². The van der Waals surface area contributed by atoms with Crippen LogP contribution in [0.25, 0.3) is 17.3 Å². The molecule has 0 amide bonds. The minimum atomic E-state index is -4.43. The first-order valence-electron chi connectivity index (χ1n) is 13.4. The molecule has 43 heavy (non-hydrogen) atoms. The van der Waals surface area contributed by atoms with Crippen molar-refractivity contribution >= 4 is 40.0 Å². The van der Waals surface area contributed by atoms with E-state index < -0.39 is 35.3 Å². The Balaban J connectivity index is 1.97. The molecule has 0 aliphatic heterocycles. The third-order valence-corrected chi connectivity index (χ3v) is 11.2. The lowest BCUT2D eigenvalue weighted by atomic mass is 10.2. The number of rotatable bonds is 12. The van der Waals surface area contributed by atoms with E-state index in [4.69, 9.17) is 13.9 Å². The van der Waals surface area contributed by atoms with Gasteiger partial charge in [-0.25, -0.2) is 17.1 Å². The minimum absolute atomic E-state index is 0.0259. The van der Waals surface area contributed by atoms with E-state index in [-0.39, 0.29) is 24.0 Å². The number of ether oxygens (including phenoxy) is 2. The Morgan fingerprint density at radius 2 is 1.79 bits per heavy atom. The second-order valence-corrected chi connectivity index (χ2v) is 19.9. The number of aromatic nitrogens is 4. The van der Waals surface area contributed by atoms with E-state index >= 15 is 0 Å². The summed E-state index contributed by atoms with van der Waals surface area (Å²) in [5.41, 5.74) is -0.0392. The molecule has 0 aliphatic rings. The molecule has 0 aliphatic carbocycles. The molecule has 4 rings (SSSR count). The molecule has 0 bridgehead atoms. The van der Waals surface area contributed by atoms with Crippen molar-refractivity contribution in [2.75, 3.05) is 25.1 Å². The molecule has 0 spiro atoms. The highest BCUT2D eigenvalue weighted by atomic mass is 79.9. The molecule has 1 N–H and O–H groups in total. The summed E-state index contributed by atoms with van der Waals surface area (Å²) in [6.07, 6.45) is -0.483. The SMILES string of the molecule is COc1cccc(OC)c1-n1c(-c2ccc(C)o2)nnc1N(CC[Si-](C)(C)C)S(=O)(=O)[C@@H](C)[C@H](O)c1ncc(Br)cc1F. The first kappa shape index (κ1) is 32.6. The summed E-state index contributed by atoms with van der Waals surface area (Å²) in [4.78, 5) is 3.96. The van der Waals surface area contributed by atoms with Crippen LogP contribution >= 0.6 is 15.9 Å². The molecule has 3 aromatic heterocycles. The van der Waals surface area contributed by atoms with Crippen LogP contribution in [0.4, 0.5) is 10.3 Å². The molecule has 0 fully saturated rings. The van der Waals surface area contributed by atoms with Crippen molar-refractivity contribution in [1.82, 2.24) is 19.7 Å². The Morgan fingerprint density at radius 1 is 1.14 bits per heavy atom. The lowest BCUT2D eigenvalue weighted by molar-refractivity contribution is 0.166. The summed E-state index contributed by atoms with van der Waals surface area (Å²) in [5.74, 6) is 0.961. The fourth-order valence-corrected chi connectivity index (χ4v) is 7.32. The van der Waals surface area contributed by atoms with Gasteiger partial charge in [-0.15, -0.1) is 24.3 Å². The number of aliphatic hydroxyl groups is 1. The van der Waals surface area contributed by atoms with Gasteiger partial charge >= 0.3 is 0 Å². The highest BCUT2D eigenvalue weighted by Crippen LogP contribution is 2.40. The summed E-state index contributed by atoms with van der Waals surface area (Å²) in [5, 5.41) is 18.4. The van der Waals surface area contributed by atoms with Gasteiger partial charge in [-0.3, -0.25) is 9.55 Å². The summed E-state index contributed by atoms with van der Waals surface area (Å²) in [7, 11) is -3.30. The Kier molecular flexibility index (Phi) is 9.68. The van der Waals surface area contributed by atoms with Crippen molar-refractivity contribution in [3.8, 4) is 28.8 Å². The monoisotopic (exact) mass is 695 g/mol. The zero-order valence-corrected chi connectivity index (χ0v) is 28.4. The number of nitrogens with zero attached hydrogens (tertiary/aromatic N) is 5. The Bertz CT molecular complexity index is 1690. The van der Waals surface area contributed by atoms with E-state index in [1.54, 1.807) is 37.3 Å². The fourth-order valence-electron chi connectivity index (χ4n) is 4.42. The Labute approximate surface area is 259 Å². The smallest absolute Gasteiger partial charge is 0.246 e. The van der Waals surface area contributed by atoms with E-state index in [2.05, 4.69) is 50.8 Å². The summed E-state index contributed by atoms with van der Waals surface area (Å²) < 4.78 is 63.9. The molecular formula is C28H35BrFN5O6SSi-. The number of halogens is 2. The number of aryl methyl sites for hydroxylation is 1. The molecule has 2 atom stereocenters. The molecule has 0 radical (unpaired) electrons. The molecule has 233 valence electrons. The number of anilines is 1. The highest BCUT2D eigenvalue weighted by Gasteiger charge is 2.40. The first-order valence-corrected chi connectivity index (χ1v) is 19.4. The summed E-state index contributed by atoms with van der Waals surface area (Å²) in [6, 6.07) is 10.3. The number of furan rings is 1. The quantitative estimate of drug-likeness (QED) is 0.184. The van der Waals surface area contributed by atoms with Crippen molar-refractivity contribution in [2.45, 2.75) is 50.9 Å². The van der Waals surface area contributed by atoms with E-state index in [0.29, 0.717) is 39.2 Å². The van der Waals surface area contributed by atoms with Crippen LogP contribution in [-0.4, -0.2) is 67.4 Å². The average molecular weight is 697 g/mol. The number of hydrogen-bond donors (Lipinski definition) is 1. The van der Waals surface area contributed by atoms with Crippen LogP contribution in [0.3, 0.4) is 0 Å². The molecule has 15 heteroatoms. The Hall–Kier alpha value is -3.27. The van der Waals surface area contributed by atoms with Gasteiger partial charge in [-0.2, -0.15) is 19.6 Å². The molecule has 4 aromatic rings. The molecule has 11 nitrogen and oxygen atoms in total. The van der Waals surface area contributed by atoms with Gasteiger partial charge in [0.2, 0.25) is 21.8 Å². The number of hydrogen-bond acceptors (Lipinski definition) is 9. The third-order valence-electron chi connectivity index (χ3n) is 6.86. The highest BCUT2D eigenvalue weighted by molar-refractivity contribution is 9.10. The maximum absolute atomic E-state index is 14.8. The van der Waals surface area contributed by atoms with E-state index in [9.17, 15) is 17.9 Å². The van der Waals surface area contributed by atoms with Crippen LogP contribution in [0.5, 0.6) is 11.5 Å². The van der Waals surface area contributed by atoms with E-state index in [1.165, 1.54) is 31.9 Å². The number of aliphatic hydroxyl groups excluding tert-OH is 1. The fraction of sp³-hybridized carbons (Fsp3) is 0.393. The third kappa shape index (κ3) is 6.79. The predicted octanol–water partition coefficient (Wildman–Crippen LogP) is 5.75. The van der Waals surface area contributed by atoms with Gasteiger partial charge in [0, 0.05) is 17.2 Å². The average Bonchev–Trinajstić information content (AvgIpc) is 3.57. The molecule has 0 saturated heterocycles. The van der Waals surface area contributed by atoms with E-state index in [1.807, 2.05) is 0 Å². The zero-order valence-electron chi connectivity index (χ0n) is 25.0. The predicted molar refractivity (Wildman–Crippen MR) is 168 cm³/mol. The molecule has 0 saturated carbocycles. The van der Waals surface area contributed by atoms with Gasteiger partial charge in [0.1, 0.15) is 45.8 Å². The molecular weight excluding hydrogens is 661 g/mol. The number of benzene rings is 1. The minimum Gasteiger partial charge on any atom is -0.494 e. The normalized spacial score (nSPS) is 13.5. The standard InChI is InChI=1S/C28H35BrFN5O6SSi/c1-17-11-12-23(41-17)27-32-33-28(35(27)25-21(39-3)9-8-10-22(25)40-4)34(13-14-43(5,6)7)42(37,38)18(2)26(36)24-20(30)15-19(29)16-31-24/h8-12,15-16,18,26,36H,13-14H2,1-7H3/q-1/t18-,26-/m0/s1. The largest absolute Gasteiger partial charge is 0.494 e. The van der Waals surface area contributed by atoms with Crippen LogP contribution in [-0.2, 0) is 10.0 Å². The van der Waals surface area contributed by atoms with Gasteiger partial charge in [-0.05, 0) is 60.1 Å². The number of sulfonamides is 1. The maximum atomic E-state index is 14.8. The van der Waals surface area contributed by atoms with Crippen LogP contribution in [0.1, 0.15) is 24.5 Å². The Morgan fingerprint density at radius 3 is 2.33 bits per heavy atom. The number of para-hydroxylation sites is 1. The van der Waals surface area contributed by atoms with Crippen LogP contribution in [0.2, 0.25) is 25.7 Å². The zero-order chi connectivity index (χ0) is 31.7. The summed E-state index contributed by atoms with van der Waals surface area (Å²) >= 11 is 3.14. The van der Waals surface area contributed by atoms with Crippen molar-refractivity contribution in [3.05, 3.63) is 64.3 Å². The van der Waals surface area contributed by atoms with Crippen molar-refractivity contribution in [2.24, 2.45) is 0 Å². The lowest BCUT2D eigenvalue weighted by Crippen LogP contribution is -2.44. The molecule has 1 aromatic carbocycles.